The lowest BCUT2D eigenvalue weighted by molar-refractivity contribution is -0.0448. The summed E-state index contributed by atoms with van der Waals surface area (Å²) in [5.74, 6) is -2.39. The average Bonchev–Trinajstić information content (AvgIpc) is 1.14. The predicted octanol–water partition coefficient (Wildman–Crippen LogP) is 0.572. The summed E-state index contributed by atoms with van der Waals surface area (Å²) in [4.78, 5) is 0. The van der Waals surface area contributed by atoms with Gasteiger partial charge in [-0.25, -0.2) is 4.39 Å². The highest BCUT2D eigenvalue weighted by Gasteiger charge is 2.32. The largest absolute Gasteiger partial charge is 0.304 e. The van der Waals surface area contributed by atoms with Crippen LogP contribution in [-0.2, 0) is 0 Å². The first kappa shape index (κ1) is 8.71. The fourth-order valence-corrected chi connectivity index (χ4v) is 0.461. The van der Waals surface area contributed by atoms with Gasteiger partial charge in [0.25, 0.3) is 0 Å². The fourth-order valence-electron chi connectivity index (χ4n) is 0.461. The Morgan fingerprint density at radius 3 is 1.56 bits per heavy atom. The first-order chi connectivity index (χ1) is 3.71. The van der Waals surface area contributed by atoms with Crippen molar-refractivity contribution in [3.63, 3.8) is 0 Å². The van der Waals surface area contributed by atoms with Crippen LogP contribution < -0.4 is 11.5 Å². The highest BCUT2D eigenvalue weighted by atomic mass is 19.3. The molecule has 0 aliphatic rings. The van der Waals surface area contributed by atoms with Crippen LogP contribution >= 0.6 is 0 Å². The van der Waals surface area contributed by atoms with E-state index in [1.54, 1.807) is 0 Å². The van der Waals surface area contributed by atoms with Crippen LogP contribution in [0.1, 0.15) is 13.3 Å². The molecule has 0 aromatic rings. The topological polar surface area (TPSA) is 52.0 Å². The Bertz CT molecular complexity index is 79.0. The Labute approximate surface area is 51.0 Å². The van der Waals surface area contributed by atoms with Gasteiger partial charge < -0.3 is 0 Å². The minimum atomic E-state index is -3.52. The normalized spacial score (nSPS) is 19.3. The second-order valence-corrected chi connectivity index (χ2v) is 2.22. The maximum Gasteiger partial charge on any atom is 0.304 e. The molecule has 0 spiro atoms. The second-order valence-electron chi connectivity index (χ2n) is 2.22. The van der Waals surface area contributed by atoms with Crippen molar-refractivity contribution in [1.29, 1.82) is 0 Å². The lowest BCUT2D eigenvalue weighted by Gasteiger charge is -2.18. The molecule has 0 aromatic heterocycles. The number of alkyl halides is 3. The number of hydrogen-bond donors (Lipinski definition) is 2. The molecular weight excluding hydrogens is 133 g/mol. The monoisotopic (exact) mass is 142 g/mol. The Hall–Kier alpha value is -0.290. The van der Waals surface area contributed by atoms with Gasteiger partial charge in [-0.3, -0.25) is 11.5 Å². The molecule has 9 heavy (non-hydrogen) atoms. The van der Waals surface area contributed by atoms with E-state index in [0.717, 1.165) is 6.92 Å². The van der Waals surface area contributed by atoms with Crippen molar-refractivity contribution in [2.75, 3.05) is 0 Å². The van der Waals surface area contributed by atoms with Crippen LogP contribution in [0.15, 0.2) is 0 Å². The molecule has 0 rings (SSSR count). The number of rotatable bonds is 2. The SMILES string of the molecule is CC(N)(F)CC(N)(F)F. The molecule has 0 saturated carbocycles. The molecule has 0 saturated heterocycles. The molecular formula is C4H9F3N2. The molecule has 0 aromatic carbocycles. The van der Waals surface area contributed by atoms with Gasteiger partial charge in [-0.15, -0.1) is 0 Å². The van der Waals surface area contributed by atoms with Gasteiger partial charge in [0.1, 0.15) is 0 Å². The van der Waals surface area contributed by atoms with Crippen LogP contribution in [-0.4, -0.2) is 11.8 Å². The van der Waals surface area contributed by atoms with Crippen molar-refractivity contribution in [3.8, 4) is 0 Å². The maximum atomic E-state index is 12.1. The predicted molar refractivity (Wildman–Crippen MR) is 27.5 cm³/mol. The Morgan fingerprint density at radius 2 is 1.56 bits per heavy atom. The van der Waals surface area contributed by atoms with E-state index in [1.807, 2.05) is 0 Å². The summed E-state index contributed by atoms with van der Waals surface area (Å²) in [7, 11) is 0. The van der Waals surface area contributed by atoms with Gasteiger partial charge in [0.2, 0.25) is 0 Å². The van der Waals surface area contributed by atoms with E-state index < -0.39 is 18.3 Å². The molecule has 0 radical (unpaired) electrons. The molecule has 0 amide bonds. The van der Waals surface area contributed by atoms with Gasteiger partial charge in [-0.1, -0.05) is 0 Å². The Morgan fingerprint density at radius 1 is 1.22 bits per heavy atom. The third-order valence-corrected chi connectivity index (χ3v) is 0.581. The highest BCUT2D eigenvalue weighted by Crippen LogP contribution is 2.19. The zero-order chi connectivity index (χ0) is 7.71. The van der Waals surface area contributed by atoms with Crippen LogP contribution in [0.25, 0.3) is 0 Å². The minimum Gasteiger partial charge on any atom is -0.299 e. The van der Waals surface area contributed by atoms with Crippen LogP contribution in [0.4, 0.5) is 13.2 Å². The number of halogens is 3. The Balaban J connectivity index is 3.75. The van der Waals surface area contributed by atoms with Gasteiger partial charge in [0.15, 0.2) is 5.79 Å². The first-order valence-electron chi connectivity index (χ1n) is 2.35. The fraction of sp³-hybridized carbons (Fsp3) is 1.00. The van der Waals surface area contributed by atoms with E-state index in [4.69, 9.17) is 0 Å². The summed E-state index contributed by atoms with van der Waals surface area (Å²) in [5, 5.41) is 0. The number of hydrogen-bond acceptors (Lipinski definition) is 2. The zero-order valence-electron chi connectivity index (χ0n) is 5.00. The maximum absolute atomic E-state index is 12.1. The molecule has 1 atom stereocenters. The molecule has 0 heterocycles. The average molecular weight is 142 g/mol. The summed E-state index contributed by atoms with van der Waals surface area (Å²) < 4.78 is 35.5. The Kier molecular flexibility index (Phi) is 2.08. The van der Waals surface area contributed by atoms with Crippen molar-refractivity contribution in [2.24, 2.45) is 11.5 Å². The highest BCUT2D eigenvalue weighted by molar-refractivity contribution is 4.71. The number of nitrogens with two attached hydrogens (primary N) is 2. The van der Waals surface area contributed by atoms with E-state index in [2.05, 4.69) is 11.5 Å². The summed E-state index contributed by atoms with van der Waals surface area (Å²) in [5.41, 5.74) is 8.76. The van der Waals surface area contributed by atoms with Crippen LogP contribution in [0.3, 0.4) is 0 Å². The standard InChI is InChI=1S/C4H9F3N2/c1-3(5,8)2-4(6,7)9/h2,8-9H2,1H3. The van der Waals surface area contributed by atoms with E-state index in [9.17, 15) is 13.2 Å². The molecule has 0 fully saturated rings. The van der Waals surface area contributed by atoms with Crippen molar-refractivity contribution in [1.82, 2.24) is 0 Å². The van der Waals surface area contributed by atoms with Gasteiger partial charge in [-0.05, 0) is 6.92 Å². The summed E-state index contributed by atoms with van der Waals surface area (Å²) >= 11 is 0. The van der Waals surface area contributed by atoms with Gasteiger partial charge >= 0.3 is 6.05 Å². The molecule has 0 aliphatic carbocycles. The smallest absolute Gasteiger partial charge is 0.299 e. The molecule has 2 nitrogen and oxygen atoms in total. The van der Waals surface area contributed by atoms with E-state index >= 15 is 0 Å². The van der Waals surface area contributed by atoms with Gasteiger partial charge in [0.05, 0.1) is 6.42 Å². The van der Waals surface area contributed by atoms with Crippen molar-refractivity contribution in [3.05, 3.63) is 0 Å². The summed E-state index contributed by atoms with van der Waals surface area (Å²) in [6.45, 7) is 0.841. The van der Waals surface area contributed by atoms with Crippen molar-refractivity contribution in [2.45, 2.75) is 25.2 Å². The lowest BCUT2D eigenvalue weighted by Crippen LogP contribution is -2.42. The molecule has 0 aliphatic heterocycles. The minimum absolute atomic E-state index is 0.841. The first-order valence-corrected chi connectivity index (χ1v) is 2.35. The zero-order valence-corrected chi connectivity index (χ0v) is 5.00. The summed E-state index contributed by atoms with van der Waals surface area (Å²) in [6, 6.07) is -3.52. The van der Waals surface area contributed by atoms with Gasteiger partial charge in [0, 0.05) is 0 Å². The van der Waals surface area contributed by atoms with Crippen LogP contribution in [0.2, 0.25) is 0 Å². The molecule has 0 bridgehead atoms. The quantitative estimate of drug-likeness (QED) is 0.554. The third-order valence-electron chi connectivity index (χ3n) is 0.581. The lowest BCUT2D eigenvalue weighted by atomic mass is 10.2. The second kappa shape index (κ2) is 2.15. The van der Waals surface area contributed by atoms with E-state index in [-0.39, 0.29) is 0 Å². The van der Waals surface area contributed by atoms with Crippen LogP contribution in [0, 0.1) is 0 Å². The molecule has 5 heteroatoms. The van der Waals surface area contributed by atoms with E-state index in [0.29, 0.717) is 0 Å². The van der Waals surface area contributed by atoms with Crippen LogP contribution in [0.5, 0.6) is 0 Å². The summed E-state index contributed by atoms with van der Waals surface area (Å²) in [6.07, 6.45) is -1.15. The van der Waals surface area contributed by atoms with E-state index in [1.165, 1.54) is 0 Å². The van der Waals surface area contributed by atoms with Gasteiger partial charge in [-0.2, -0.15) is 8.78 Å². The molecule has 56 valence electrons. The molecule has 1 unspecified atom stereocenters. The van der Waals surface area contributed by atoms with Crippen molar-refractivity contribution < 1.29 is 13.2 Å². The van der Waals surface area contributed by atoms with Crippen molar-refractivity contribution >= 4 is 0 Å². The third kappa shape index (κ3) is 7.71. The molecule has 4 N–H and O–H groups in total.